The van der Waals surface area contributed by atoms with Gasteiger partial charge < -0.3 is 9.64 Å². The SMILES string of the molecule is CC(C)n1ncc(Cl)c1C(=O)C1CCN(C(=O)OC(C)(C)C)C1. The highest BCUT2D eigenvalue weighted by molar-refractivity contribution is 6.33. The summed E-state index contributed by atoms with van der Waals surface area (Å²) in [6, 6.07) is 0.0461. The summed E-state index contributed by atoms with van der Waals surface area (Å²) in [5, 5.41) is 4.53. The van der Waals surface area contributed by atoms with Crippen LogP contribution in [0.25, 0.3) is 0 Å². The molecular formula is C16H24ClN3O3. The zero-order chi connectivity index (χ0) is 17.4. The zero-order valence-corrected chi connectivity index (χ0v) is 15.1. The highest BCUT2D eigenvalue weighted by Gasteiger charge is 2.36. The number of likely N-dealkylation sites (tertiary alicyclic amines) is 1. The third-order valence-electron chi connectivity index (χ3n) is 3.68. The summed E-state index contributed by atoms with van der Waals surface area (Å²) < 4.78 is 7.00. The molecule has 1 saturated heterocycles. The zero-order valence-electron chi connectivity index (χ0n) is 14.3. The normalized spacial score (nSPS) is 18.6. The van der Waals surface area contributed by atoms with Crippen molar-refractivity contribution < 1.29 is 14.3 Å². The lowest BCUT2D eigenvalue weighted by Gasteiger charge is -2.24. The van der Waals surface area contributed by atoms with Crippen LogP contribution in [0.4, 0.5) is 4.79 Å². The van der Waals surface area contributed by atoms with Crippen LogP contribution in [0.2, 0.25) is 5.02 Å². The predicted octanol–water partition coefficient (Wildman–Crippen LogP) is 3.56. The number of carbonyl (C=O) groups is 2. The average Bonchev–Trinajstić information content (AvgIpc) is 3.02. The molecule has 0 spiro atoms. The highest BCUT2D eigenvalue weighted by atomic mass is 35.5. The summed E-state index contributed by atoms with van der Waals surface area (Å²) in [6.45, 7) is 10.2. The lowest BCUT2D eigenvalue weighted by Crippen LogP contribution is -2.36. The van der Waals surface area contributed by atoms with E-state index in [0.29, 0.717) is 30.2 Å². The molecule has 1 aliphatic heterocycles. The monoisotopic (exact) mass is 341 g/mol. The minimum absolute atomic E-state index is 0.0461. The molecule has 1 aromatic heterocycles. The number of hydrogen-bond acceptors (Lipinski definition) is 4. The molecule has 0 aromatic carbocycles. The molecule has 2 rings (SSSR count). The molecule has 128 valence electrons. The van der Waals surface area contributed by atoms with E-state index < -0.39 is 5.60 Å². The van der Waals surface area contributed by atoms with Crippen LogP contribution in [-0.2, 0) is 4.74 Å². The second-order valence-electron chi connectivity index (χ2n) is 7.16. The molecule has 1 atom stereocenters. The third kappa shape index (κ3) is 4.05. The van der Waals surface area contributed by atoms with Crippen molar-refractivity contribution in [1.82, 2.24) is 14.7 Å². The Morgan fingerprint density at radius 2 is 2.04 bits per heavy atom. The van der Waals surface area contributed by atoms with Gasteiger partial charge in [-0.15, -0.1) is 0 Å². The van der Waals surface area contributed by atoms with Gasteiger partial charge in [0.1, 0.15) is 11.3 Å². The Kier molecular flexibility index (Phi) is 5.04. The number of aromatic nitrogens is 2. The molecule has 0 aliphatic carbocycles. The van der Waals surface area contributed by atoms with E-state index in [2.05, 4.69) is 5.10 Å². The number of ketones is 1. The van der Waals surface area contributed by atoms with Crippen LogP contribution in [0, 0.1) is 5.92 Å². The Bertz CT molecular complexity index is 604. The number of nitrogens with zero attached hydrogens (tertiary/aromatic N) is 3. The second-order valence-corrected chi connectivity index (χ2v) is 7.56. The first kappa shape index (κ1) is 17.8. The molecule has 1 aliphatic rings. The van der Waals surface area contributed by atoms with Crippen molar-refractivity contribution in [3.05, 3.63) is 16.9 Å². The second kappa shape index (κ2) is 6.51. The maximum absolute atomic E-state index is 12.8. The smallest absolute Gasteiger partial charge is 0.410 e. The standard InChI is InChI=1S/C16H24ClN3O3/c1-10(2)20-13(12(17)8-18-20)14(21)11-6-7-19(9-11)15(22)23-16(3,4)5/h8,10-11H,6-7,9H2,1-5H3. The number of rotatable bonds is 3. The molecule has 0 saturated carbocycles. The molecular weight excluding hydrogens is 318 g/mol. The first-order chi connectivity index (χ1) is 10.6. The summed E-state index contributed by atoms with van der Waals surface area (Å²) in [5.74, 6) is -0.332. The number of ether oxygens (including phenoxy) is 1. The van der Waals surface area contributed by atoms with Crippen molar-refractivity contribution in [2.75, 3.05) is 13.1 Å². The van der Waals surface area contributed by atoms with E-state index >= 15 is 0 Å². The summed E-state index contributed by atoms with van der Waals surface area (Å²) in [4.78, 5) is 26.5. The fraction of sp³-hybridized carbons (Fsp3) is 0.688. The Balaban J connectivity index is 2.09. The minimum Gasteiger partial charge on any atom is -0.444 e. The first-order valence-electron chi connectivity index (χ1n) is 7.85. The van der Waals surface area contributed by atoms with Crippen molar-refractivity contribution in [2.24, 2.45) is 5.92 Å². The van der Waals surface area contributed by atoms with Gasteiger partial charge in [-0.05, 0) is 41.0 Å². The average molecular weight is 342 g/mol. The van der Waals surface area contributed by atoms with Gasteiger partial charge in [0, 0.05) is 25.0 Å². The molecule has 2 heterocycles. The van der Waals surface area contributed by atoms with Crippen molar-refractivity contribution in [2.45, 2.75) is 52.7 Å². The molecule has 0 radical (unpaired) electrons. The van der Waals surface area contributed by atoms with Crippen molar-refractivity contribution >= 4 is 23.5 Å². The molecule has 23 heavy (non-hydrogen) atoms. The van der Waals surface area contributed by atoms with Crippen LogP contribution < -0.4 is 0 Å². The van der Waals surface area contributed by atoms with E-state index in [-0.39, 0.29) is 23.8 Å². The van der Waals surface area contributed by atoms with Gasteiger partial charge in [-0.25, -0.2) is 4.79 Å². The van der Waals surface area contributed by atoms with Gasteiger partial charge in [0.15, 0.2) is 5.78 Å². The molecule has 1 aromatic rings. The Morgan fingerprint density at radius 3 is 2.61 bits per heavy atom. The van der Waals surface area contributed by atoms with Gasteiger partial charge in [0.2, 0.25) is 0 Å². The van der Waals surface area contributed by atoms with Gasteiger partial charge in [-0.2, -0.15) is 5.10 Å². The van der Waals surface area contributed by atoms with Crippen LogP contribution in [0.1, 0.15) is 57.6 Å². The van der Waals surface area contributed by atoms with E-state index in [9.17, 15) is 9.59 Å². The fourth-order valence-corrected chi connectivity index (χ4v) is 2.85. The van der Waals surface area contributed by atoms with Crippen LogP contribution in [0.15, 0.2) is 6.20 Å². The lowest BCUT2D eigenvalue weighted by molar-refractivity contribution is 0.0289. The molecule has 0 N–H and O–H groups in total. The van der Waals surface area contributed by atoms with Crippen LogP contribution in [0.3, 0.4) is 0 Å². The fourth-order valence-electron chi connectivity index (χ4n) is 2.62. The summed E-state index contributed by atoms with van der Waals surface area (Å²) in [5.41, 5.74) is -0.114. The summed E-state index contributed by atoms with van der Waals surface area (Å²) >= 11 is 6.14. The number of amides is 1. The molecule has 0 bridgehead atoms. The van der Waals surface area contributed by atoms with Gasteiger partial charge >= 0.3 is 6.09 Å². The summed E-state index contributed by atoms with van der Waals surface area (Å²) in [6.07, 6.45) is 1.73. The first-order valence-corrected chi connectivity index (χ1v) is 8.23. The van der Waals surface area contributed by atoms with Crippen molar-refractivity contribution in [3.8, 4) is 0 Å². The largest absolute Gasteiger partial charge is 0.444 e. The minimum atomic E-state index is -0.543. The lowest BCUT2D eigenvalue weighted by atomic mass is 10.0. The topological polar surface area (TPSA) is 64.4 Å². The molecule has 7 heteroatoms. The van der Waals surface area contributed by atoms with E-state index in [0.717, 1.165) is 0 Å². The molecule has 1 amide bonds. The van der Waals surface area contributed by atoms with Crippen LogP contribution >= 0.6 is 11.6 Å². The van der Waals surface area contributed by atoms with E-state index in [1.165, 1.54) is 6.20 Å². The van der Waals surface area contributed by atoms with Crippen LogP contribution in [0.5, 0.6) is 0 Å². The van der Waals surface area contributed by atoms with Crippen molar-refractivity contribution in [1.29, 1.82) is 0 Å². The Hall–Kier alpha value is -1.56. The number of hydrogen-bond donors (Lipinski definition) is 0. The number of Topliss-reactive ketones (excluding diaryl/α,β-unsaturated/α-hetero) is 1. The summed E-state index contributed by atoms with van der Waals surface area (Å²) in [7, 11) is 0. The van der Waals surface area contributed by atoms with Gasteiger partial charge in [0.25, 0.3) is 0 Å². The molecule has 1 fully saturated rings. The Morgan fingerprint density at radius 1 is 1.39 bits per heavy atom. The number of carbonyl (C=O) groups excluding carboxylic acids is 2. The van der Waals surface area contributed by atoms with E-state index in [1.54, 1.807) is 9.58 Å². The van der Waals surface area contributed by atoms with Crippen molar-refractivity contribution in [3.63, 3.8) is 0 Å². The van der Waals surface area contributed by atoms with E-state index in [1.807, 2.05) is 34.6 Å². The van der Waals surface area contributed by atoms with Gasteiger partial charge in [-0.3, -0.25) is 9.48 Å². The number of halogens is 1. The van der Waals surface area contributed by atoms with Gasteiger partial charge in [-0.1, -0.05) is 11.6 Å². The highest BCUT2D eigenvalue weighted by Crippen LogP contribution is 2.27. The maximum atomic E-state index is 12.8. The molecule has 1 unspecified atom stereocenters. The quantitative estimate of drug-likeness (QED) is 0.788. The predicted molar refractivity (Wildman–Crippen MR) is 87.9 cm³/mol. The Labute approximate surface area is 141 Å². The van der Waals surface area contributed by atoms with Gasteiger partial charge in [0.05, 0.1) is 11.2 Å². The third-order valence-corrected chi connectivity index (χ3v) is 3.96. The molecule has 6 nitrogen and oxygen atoms in total. The van der Waals surface area contributed by atoms with E-state index in [4.69, 9.17) is 16.3 Å². The maximum Gasteiger partial charge on any atom is 0.410 e. The van der Waals surface area contributed by atoms with Crippen LogP contribution in [-0.4, -0.2) is 45.2 Å².